The number of nitrogens with zero attached hydrogens (tertiary/aromatic N) is 1. The van der Waals surface area contributed by atoms with Crippen LogP contribution in [0.5, 0.6) is 0 Å². The van der Waals surface area contributed by atoms with Crippen LogP contribution in [-0.4, -0.2) is 52.4 Å². The van der Waals surface area contributed by atoms with Crippen LogP contribution in [-0.2, 0) is 0 Å². The minimum Gasteiger partial charge on any atom is -0.396 e. The molecule has 0 bridgehead atoms. The van der Waals surface area contributed by atoms with Gasteiger partial charge in [0.15, 0.2) is 0 Å². The second kappa shape index (κ2) is 4.67. The highest BCUT2D eigenvalue weighted by molar-refractivity contribution is 7.13. The van der Waals surface area contributed by atoms with Gasteiger partial charge >= 0.3 is 0 Å². The predicted octanol–water partition coefficient (Wildman–Crippen LogP) is -0.796. The molecule has 1 fully saturated rings. The Bertz CT molecular complexity index is 159. The standard InChI is InChI=1S/C8H18NO3P/c10-5-7(12)8(6-11)1-3-9(13)4-2-8/h7,10-12H,1-6,13H2. The van der Waals surface area contributed by atoms with Crippen molar-refractivity contribution in [3.63, 3.8) is 0 Å². The number of rotatable bonds is 3. The Kier molecular flexibility index (Phi) is 4.07. The Balaban J connectivity index is 2.60. The zero-order chi connectivity index (χ0) is 9.90. The second-order valence-corrected chi connectivity index (χ2v) is 4.49. The van der Waals surface area contributed by atoms with Gasteiger partial charge in [0.25, 0.3) is 0 Å². The Hall–Kier alpha value is 0.270. The molecule has 0 saturated carbocycles. The summed E-state index contributed by atoms with van der Waals surface area (Å²) in [5.41, 5.74) is -0.484. The van der Waals surface area contributed by atoms with Gasteiger partial charge in [-0.25, -0.2) is 0 Å². The molecule has 1 aliphatic heterocycles. The lowest BCUT2D eigenvalue weighted by atomic mass is 9.75. The quantitative estimate of drug-likeness (QED) is 0.530. The van der Waals surface area contributed by atoms with Gasteiger partial charge in [-0.3, -0.25) is 4.67 Å². The summed E-state index contributed by atoms with van der Waals surface area (Å²) in [4.78, 5) is 0. The Morgan fingerprint density at radius 1 is 1.31 bits per heavy atom. The van der Waals surface area contributed by atoms with E-state index in [4.69, 9.17) is 5.11 Å². The molecule has 1 heterocycles. The third-order valence-electron chi connectivity index (χ3n) is 2.99. The summed E-state index contributed by atoms with van der Waals surface area (Å²) in [6.45, 7) is 1.36. The van der Waals surface area contributed by atoms with E-state index >= 15 is 0 Å². The molecule has 0 amide bonds. The molecule has 0 aromatic carbocycles. The monoisotopic (exact) mass is 207 g/mol. The molecule has 0 spiro atoms. The number of hydrogen-bond donors (Lipinski definition) is 3. The summed E-state index contributed by atoms with van der Waals surface area (Å²) in [5, 5.41) is 27.7. The average molecular weight is 207 g/mol. The van der Waals surface area contributed by atoms with E-state index in [1.54, 1.807) is 0 Å². The third kappa shape index (κ3) is 2.39. The first kappa shape index (κ1) is 11.3. The molecule has 0 radical (unpaired) electrons. The highest BCUT2D eigenvalue weighted by Gasteiger charge is 2.39. The van der Waals surface area contributed by atoms with Gasteiger partial charge in [-0.1, -0.05) is 9.39 Å². The van der Waals surface area contributed by atoms with Crippen molar-refractivity contribution < 1.29 is 15.3 Å². The van der Waals surface area contributed by atoms with Crippen molar-refractivity contribution in [2.75, 3.05) is 26.3 Å². The summed E-state index contributed by atoms with van der Waals surface area (Å²) in [6, 6.07) is 0. The average Bonchev–Trinajstić information content (AvgIpc) is 2.18. The van der Waals surface area contributed by atoms with Crippen LogP contribution in [0.25, 0.3) is 0 Å². The fourth-order valence-electron chi connectivity index (χ4n) is 1.76. The van der Waals surface area contributed by atoms with Crippen molar-refractivity contribution >= 4 is 9.39 Å². The molecule has 0 aliphatic carbocycles. The molecule has 5 heteroatoms. The van der Waals surface area contributed by atoms with Gasteiger partial charge < -0.3 is 15.3 Å². The number of piperidine rings is 1. The lowest BCUT2D eigenvalue weighted by Gasteiger charge is -2.41. The summed E-state index contributed by atoms with van der Waals surface area (Å²) in [5.74, 6) is 0. The zero-order valence-corrected chi connectivity index (χ0v) is 8.84. The van der Waals surface area contributed by atoms with E-state index in [0.29, 0.717) is 0 Å². The Labute approximate surface area is 80.8 Å². The molecule has 1 aliphatic rings. The van der Waals surface area contributed by atoms with Gasteiger partial charge in [0.05, 0.1) is 19.3 Å². The number of aliphatic hydroxyl groups excluding tert-OH is 3. The van der Waals surface area contributed by atoms with Gasteiger partial charge in [0.2, 0.25) is 0 Å². The van der Waals surface area contributed by atoms with E-state index in [1.165, 1.54) is 0 Å². The molecular weight excluding hydrogens is 189 g/mol. The SMILES string of the molecule is OCC(O)C1(CO)CCN(P)CC1. The molecule has 0 aromatic heterocycles. The molecule has 1 saturated heterocycles. The van der Waals surface area contributed by atoms with Crippen molar-refractivity contribution in [1.29, 1.82) is 0 Å². The van der Waals surface area contributed by atoms with Gasteiger partial charge in [-0.15, -0.1) is 0 Å². The van der Waals surface area contributed by atoms with Gasteiger partial charge in [0, 0.05) is 18.5 Å². The maximum Gasteiger partial charge on any atom is 0.0849 e. The molecule has 0 aromatic rings. The van der Waals surface area contributed by atoms with E-state index in [0.717, 1.165) is 25.9 Å². The molecule has 13 heavy (non-hydrogen) atoms. The van der Waals surface area contributed by atoms with Gasteiger partial charge in [-0.2, -0.15) is 0 Å². The van der Waals surface area contributed by atoms with Crippen LogP contribution in [0.2, 0.25) is 0 Å². The zero-order valence-electron chi connectivity index (χ0n) is 7.69. The molecule has 78 valence electrons. The molecule has 1 rings (SSSR count). The van der Waals surface area contributed by atoms with E-state index < -0.39 is 11.5 Å². The molecule has 2 atom stereocenters. The topological polar surface area (TPSA) is 63.9 Å². The summed E-state index contributed by atoms with van der Waals surface area (Å²) < 4.78 is 2.08. The van der Waals surface area contributed by atoms with Crippen LogP contribution in [0, 0.1) is 5.41 Å². The van der Waals surface area contributed by atoms with Crippen molar-refractivity contribution in [2.24, 2.45) is 5.41 Å². The first-order chi connectivity index (χ1) is 6.14. The van der Waals surface area contributed by atoms with Crippen LogP contribution in [0.1, 0.15) is 12.8 Å². The number of hydrogen-bond acceptors (Lipinski definition) is 4. The van der Waals surface area contributed by atoms with Crippen LogP contribution in [0.4, 0.5) is 0 Å². The van der Waals surface area contributed by atoms with E-state index in [9.17, 15) is 10.2 Å². The lowest BCUT2D eigenvalue weighted by Crippen LogP contribution is -2.47. The minimum absolute atomic E-state index is 0.0484. The second-order valence-electron chi connectivity index (χ2n) is 3.75. The largest absolute Gasteiger partial charge is 0.396 e. The van der Waals surface area contributed by atoms with Crippen LogP contribution >= 0.6 is 9.39 Å². The normalized spacial score (nSPS) is 25.8. The van der Waals surface area contributed by atoms with Crippen molar-refractivity contribution in [3.8, 4) is 0 Å². The fraction of sp³-hybridized carbons (Fsp3) is 1.00. The van der Waals surface area contributed by atoms with E-state index in [2.05, 4.69) is 14.1 Å². The van der Waals surface area contributed by atoms with Crippen LogP contribution < -0.4 is 0 Å². The molecular formula is C8H18NO3P. The third-order valence-corrected chi connectivity index (χ3v) is 3.50. The Morgan fingerprint density at radius 2 is 1.85 bits per heavy atom. The fourth-order valence-corrected chi connectivity index (χ4v) is 2.02. The Morgan fingerprint density at radius 3 is 2.23 bits per heavy atom. The van der Waals surface area contributed by atoms with Crippen LogP contribution in [0.15, 0.2) is 0 Å². The minimum atomic E-state index is -0.795. The smallest absolute Gasteiger partial charge is 0.0849 e. The van der Waals surface area contributed by atoms with Gasteiger partial charge in [-0.05, 0) is 12.8 Å². The highest BCUT2D eigenvalue weighted by atomic mass is 31.0. The first-order valence-corrected chi connectivity index (χ1v) is 5.06. The highest BCUT2D eigenvalue weighted by Crippen LogP contribution is 2.35. The van der Waals surface area contributed by atoms with E-state index in [-0.39, 0.29) is 13.2 Å². The first-order valence-electron chi connectivity index (χ1n) is 4.54. The maximum atomic E-state index is 9.58. The summed E-state index contributed by atoms with van der Waals surface area (Å²) in [6.07, 6.45) is 0.667. The molecule has 2 unspecified atom stereocenters. The predicted molar refractivity (Wildman–Crippen MR) is 53.1 cm³/mol. The van der Waals surface area contributed by atoms with Crippen molar-refractivity contribution in [1.82, 2.24) is 4.67 Å². The maximum absolute atomic E-state index is 9.58. The molecule has 4 nitrogen and oxygen atoms in total. The van der Waals surface area contributed by atoms with Crippen molar-refractivity contribution in [3.05, 3.63) is 0 Å². The van der Waals surface area contributed by atoms with Gasteiger partial charge in [0.1, 0.15) is 0 Å². The summed E-state index contributed by atoms with van der Waals surface area (Å²) >= 11 is 0. The molecule has 3 N–H and O–H groups in total. The lowest BCUT2D eigenvalue weighted by molar-refractivity contribution is -0.0701. The van der Waals surface area contributed by atoms with Crippen molar-refractivity contribution in [2.45, 2.75) is 18.9 Å². The van der Waals surface area contributed by atoms with Crippen LogP contribution in [0.3, 0.4) is 0 Å². The number of aliphatic hydroxyl groups is 3. The summed E-state index contributed by atoms with van der Waals surface area (Å²) in [7, 11) is 2.61. The van der Waals surface area contributed by atoms with E-state index in [1.807, 2.05) is 0 Å².